The molecule has 2 nitrogen and oxygen atoms in total. The summed E-state index contributed by atoms with van der Waals surface area (Å²) in [6, 6.07) is 9.06. The number of rotatable bonds is 5. The lowest BCUT2D eigenvalue weighted by atomic mass is 9.98. The molecule has 1 aliphatic rings. The average molecular weight is 240 g/mol. The molecule has 18 heavy (non-hydrogen) atoms. The molecule has 0 saturated heterocycles. The lowest BCUT2D eigenvalue weighted by Crippen LogP contribution is -2.24. The number of hydrogen-bond donors (Lipinski definition) is 1. The van der Waals surface area contributed by atoms with Gasteiger partial charge in [-0.15, -0.1) is 0 Å². The topological polar surface area (TPSA) is 24.9 Å². The van der Waals surface area contributed by atoms with Gasteiger partial charge in [0.05, 0.1) is 0 Å². The van der Waals surface area contributed by atoms with E-state index in [0.29, 0.717) is 6.04 Å². The van der Waals surface area contributed by atoms with E-state index in [1.54, 1.807) is 0 Å². The monoisotopic (exact) mass is 240 g/mol. The highest BCUT2D eigenvalue weighted by Crippen LogP contribution is 2.42. The molecular weight excluding hydrogens is 220 g/mol. The predicted molar refractivity (Wildman–Crippen MR) is 75.5 cm³/mol. The minimum absolute atomic E-state index is 0.489. The summed E-state index contributed by atoms with van der Waals surface area (Å²) in [6.45, 7) is 3.31. The van der Waals surface area contributed by atoms with Crippen molar-refractivity contribution in [3.63, 3.8) is 0 Å². The van der Waals surface area contributed by atoms with Gasteiger partial charge < -0.3 is 5.32 Å². The number of benzene rings is 1. The molecular formula is C16H20N2. The van der Waals surface area contributed by atoms with Crippen molar-refractivity contribution in [2.75, 3.05) is 6.54 Å². The summed E-state index contributed by atoms with van der Waals surface area (Å²) in [5, 5.41) is 6.30. The first-order valence-corrected chi connectivity index (χ1v) is 6.96. The van der Waals surface area contributed by atoms with Gasteiger partial charge in [-0.1, -0.05) is 31.2 Å². The van der Waals surface area contributed by atoms with E-state index in [4.69, 9.17) is 0 Å². The summed E-state index contributed by atoms with van der Waals surface area (Å²) in [5.74, 6) is 0.809. The van der Waals surface area contributed by atoms with Crippen LogP contribution in [0, 0.1) is 5.92 Å². The molecule has 1 N–H and O–H groups in total. The Hall–Kier alpha value is -1.41. The maximum Gasteiger partial charge on any atom is 0.0370 e. The SMILES string of the molecule is CCCNC(c1cncc2ccccc12)C1CC1. The lowest BCUT2D eigenvalue weighted by Gasteiger charge is -2.19. The number of aromatic nitrogens is 1. The molecule has 0 bridgehead atoms. The Kier molecular flexibility index (Phi) is 3.28. The number of pyridine rings is 1. The molecule has 1 unspecified atom stereocenters. The van der Waals surface area contributed by atoms with Crippen molar-refractivity contribution in [1.82, 2.24) is 10.3 Å². The van der Waals surface area contributed by atoms with Crippen molar-refractivity contribution in [1.29, 1.82) is 0 Å². The van der Waals surface area contributed by atoms with E-state index in [9.17, 15) is 0 Å². The van der Waals surface area contributed by atoms with Crippen LogP contribution in [0.3, 0.4) is 0 Å². The van der Waals surface area contributed by atoms with Crippen LogP contribution in [-0.4, -0.2) is 11.5 Å². The molecule has 3 rings (SSSR count). The molecule has 2 aromatic rings. The quantitative estimate of drug-likeness (QED) is 0.862. The normalized spacial score (nSPS) is 16.9. The lowest BCUT2D eigenvalue weighted by molar-refractivity contribution is 0.483. The van der Waals surface area contributed by atoms with Crippen LogP contribution in [0.25, 0.3) is 10.8 Å². The Balaban J connectivity index is 2.00. The smallest absolute Gasteiger partial charge is 0.0370 e. The maximum absolute atomic E-state index is 4.41. The average Bonchev–Trinajstić information content (AvgIpc) is 3.24. The third-order valence-corrected chi connectivity index (χ3v) is 3.74. The van der Waals surface area contributed by atoms with Gasteiger partial charge in [-0.2, -0.15) is 0 Å². The summed E-state index contributed by atoms with van der Waals surface area (Å²) in [4.78, 5) is 4.41. The number of fused-ring (bicyclic) bond motifs is 1. The minimum Gasteiger partial charge on any atom is -0.310 e. The maximum atomic E-state index is 4.41. The highest BCUT2D eigenvalue weighted by molar-refractivity contribution is 5.85. The number of nitrogens with zero attached hydrogens (tertiary/aromatic N) is 1. The zero-order chi connectivity index (χ0) is 12.4. The van der Waals surface area contributed by atoms with Gasteiger partial charge in [-0.3, -0.25) is 4.98 Å². The van der Waals surface area contributed by atoms with E-state index in [1.807, 2.05) is 12.4 Å². The van der Waals surface area contributed by atoms with Crippen LogP contribution in [0.2, 0.25) is 0 Å². The number of hydrogen-bond acceptors (Lipinski definition) is 2. The second kappa shape index (κ2) is 5.07. The molecule has 2 heteroatoms. The molecule has 1 aliphatic carbocycles. The zero-order valence-electron chi connectivity index (χ0n) is 10.9. The fraction of sp³-hybridized carbons (Fsp3) is 0.438. The van der Waals surface area contributed by atoms with E-state index < -0.39 is 0 Å². The predicted octanol–water partition coefficient (Wildman–Crippen LogP) is 3.69. The number of nitrogens with one attached hydrogen (secondary N) is 1. The minimum atomic E-state index is 0.489. The van der Waals surface area contributed by atoms with Crippen LogP contribution in [0.5, 0.6) is 0 Å². The van der Waals surface area contributed by atoms with Crippen LogP contribution in [0.15, 0.2) is 36.7 Å². The molecule has 1 aromatic carbocycles. The summed E-state index contributed by atoms with van der Waals surface area (Å²) in [6.07, 6.45) is 7.90. The molecule has 1 aromatic heterocycles. The first-order chi connectivity index (χ1) is 8.90. The van der Waals surface area contributed by atoms with Gasteiger partial charge in [0.1, 0.15) is 0 Å². The summed E-state index contributed by atoms with van der Waals surface area (Å²) >= 11 is 0. The van der Waals surface area contributed by atoms with Crippen molar-refractivity contribution < 1.29 is 0 Å². The second-order valence-corrected chi connectivity index (χ2v) is 5.22. The van der Waals surface area contributed by atoms with Crippen molar-refractivity contribution in [2.24, 2.45) is 5.92 Å². The van der Waals surface area contributed by atoms with Crippen LogP contribution < -0.4 is 5.32 Å². The molecule has 1 saturated carbocycles. The first kappa shape index (κ1) is 11.7. The van der Waals surface area contributed by atoms with Gasteiger partial charge in [0, 0.05) is 23.8 Å². The Morgan fingerprint density at radius 2 is 2.11 bits per heavy atom. The Morgan fingerprint density at radius 3 is 2.89 bits per heavy atom. The van der Waals surface area contributed by atoms with Crippen LogP contribution in [0.1, 0.15) is 37.8 Å². The summed E-state index contributed by atoms with van der Waals surface area (Å²) < 4.78 is 0. The molecule has 0 amide bonds. The van der Waals surface area contributed by atoms with Gasteiger partial charge >= 0.3 is 0 Å². The third kappa shape index (κ3) is 2.25. The molecule has 94 valence electrons. The molecule has 1 atom stereocenters. The first-order valence-electron chi connectivity index (χ1n) is 6.96. The van der Waals surface area contributed by atoms with E-state index in [1.165, 1.54) is 35.6 Å². The highest BCUT2D eigenvalue weighted by atomic mass is 14.9. The van der Waals surface area contributed by atoms with Gasteiger partial charge in [0.15, 0.2) is 0 Å². The van der Waals surface area contributed by atoms with Crippen LogP contribution in [-0.2, 0) is 0 Å². The van der Waals surface area contributed by atoms with Gasteiger partial charge in [-0.05, 0) is 42.7 Å². The van der Waals surface area contributed by atoms with Crippen molar-refractivity contribution in [2.45, 2.75) is 32.2 Å². The molecule has 0 radical (unpaired) electrons. The molecule has 1 heterocycles. The van der Waals surface area contributed by atoms with E-state index >= 15 is 0 Å². The van der Waals surface area contributed by atoms with E-state index in [2.05, 4.69) is 41.5 Å². The molecule has 1 fully saturated rings. The standard InChI is InChI=1S/C16H20N2/c1-2-9-18-16(12-7-8-12)15-11-17-10-13-5-3-4-6-14(13)15/h3-6,10-12,16,18H,2,7-9H2,1H3. The van der Waals surface area contributed by atoms with Crippen LogP contribution >= 0.6 is 0 Å². The Bertz CT molecular complexity index is 526. The van der Waals surface area contributed by atoms with Crippen molar-refractivity contribution in [3.05, 3.63) is 42.2 Å². The third-order valence-electron chi connectivity index (χ3n) is 3.74. The Labute approximate surface area is 108 Å². The zero-order valence-corrected chi connectivity index (χ0v) is 10.9. The van der Waals surface area contributed by atoms with Gasteiger partial charge in [0.25, 0.3) is 0 Å². The largest absolute Gasteiger partial charge is 0.310 e. The van der Waals surface area contributed by atoms with Gasteiger partial charge in [-0.25, -0.2) is 0 Å². The molecule has 0 aliphatic heterocycles. The summed E-state index contributed by atoms with van der Waals surface area (Å²) in [5.41, 5.74) is 1.38. The van der Waals surface area contributed by atoms with E-state index in [-0.39, 0.29) is 0 Å². The second-order valence-electron chi connectivity index (χ2n) is 5.22. The van der Waals surface area contributed by atoms with Crippen LogP contribution in [0.4, 0.5) is 0 Å². The van der Waals surface area contributed by atoms with E-state index in [0.717, 1.165) is 12.5 Å². The molecule has 0 spiro atoms. The summed E-state index contributed by atoms with van der Waals surface area (Å²) in [7, 11) is 0. The fourth-order valence-electron chi connectivity index (χ4n) is 2.65. The van der Waals surface area contributed by atoms with Gasteiger partial charge in [0.2, 0.25) is 0 Å². The fourth-order valence-corrected chi connectivity index (χ4v) is 2.65. The van der Waals surface area contributed by atoms with Crippen molar-refractivity contribution >= 4 is 10.8 Å². The highest BCUT2D eigenvalue weighted by Gasteiger charge is 2.32. The Morgan fingerprint density at radius 1 is 1.28 bits per heavy atom. The van der Waals surface area contributed by atoms with Crippen molar-refractivity contribution in [3.8, 4) is 0 Å².